The molecule has 0 radical (unpaired) electrons. The van der Waals surface area contributed by atoms with Gasteiger partial charge in [0, 0.05) is 51.6 Å². The molecule has 1 atom stereocenters. The van der Waals surface area contributed by atoms with Gasteiger partial charge in [-0.05, 0) is 37.3 Å². The van der Waals surface area contributed by atoms with Crippen LogP contribution in [0.15, 0.2) is 24.5 Å². The van der Waals surface area contributed by atoms with Crippen LogP contribution in [-0.4, -0.2) is 89.8 Å². The standard InChI is InChI=1S/C26H32F2N6O4/c1-16(14-36-2)38-25-31-19(24(35)34-11-7-26(27,28)15-34)12-21(32-25)33-9-5-17(6-10-33)18-13-30-23-22(18)20(37-3)4-8-29-23/h4,8,12-13,16-17H,5-7,9-11,14-15H2,1-3H3,(H,29,30)/t16-/m1/s1. The van der Waals surface area contributed by atoms with Gasteiger partial charge in [-0.25, -0.2) is 13.8 Å². The minimum Gasteiger partial charge on any atom is -0.496 e. The number of nitrogens with zero attached hydrogens (tertiary/aromatic N) is 5. The number of methoxy groups -OCH3 is 2. The number of anilines is 1. The number of hydrogen-bond acceptors (Lipinski definition) is 8. The maximum Gasteiger partial charge on any atom is 0.319 e. The Morgan fingerprint density at radius 1 is 1.24 bits per heavy atom. The van der Waals surface area contributed by atoms with Crippen molar-refractivity contribution in [3.8, 4) is 11.8 Å². The predicted octanol–water partition coefficient (Wildman–Crippen LogP) is 3.64. The van der Waals surface area contributed by atoms with Crippen molar-refractivity contribution >= 4 is 22.8 Å². The molecule has 2 aliphatic heterocycles. The van der Waals surface area contributed by atoms with Crippen LogP contribution in [0.4, 0.5) is 14.6 Å². The summed E-state index contributed by atoms with van der Waals surface area (Å²) in [7, 11) is 3.21. The van der Waals surface area contributed by atoms with E-state index >= 15 is 0 Å². The first kappa shape index (κ1) is 26.1. The Morgan fingerprint density at radius 3 is 2.71 bits per heavy atom. The van der Waals surface area contributed by atoms with Crippen molar-refractivity contribution in [2.75, 3.05) is 51.9 Å². The lowest BCUT2D eigenvalue weighted by Crippen LogP contribution is -2.35. The summed E-state index contributed by atoms with van der Waals surface area (Å²) in [5.41, 5.74) is 2.00. The van der Waals surface area contributed by atoms with Crippen LogP contribution in [0.1, 0.15) is 48.2 Å². The highest BCUT2D eigenvalue weighted by molar-refractivity contribution is 5.93. The van der Waals surface area contributed by atoms with Crippen molar-refractivity contribution in [1.82, 2.24) is 24.8 Å². The molecule has 3 aromatic rings. The Morgan fingerprint density at radius 2 is 2.03 bits per heavy atom. The number of nitrogens with one attached hydrogen (secondary N) is 1. The molecule has 204 valence electrons. The number of piperidine rings is 1. The Labute approximate surface area is 219 Å². The normalized spacial score (nSPS) is 18.7. The zero-order chi connectivity index (χ0) is 26.9. The lowest BCUT2D eigenvalue weighted by molar-refractivity contribution is 0.0119. The van der Waals surface area contributed by atoms with Crippen LogP contribution in [0.2, 0.25) is 0 Å². The second kappa shape index (κ2) is 10.7. The number of halogens is 2. The van der Waals surface area contributed by atoms with Crippen LogP contribution in [0.25, 0.3) is 11.0 Å². The molecule has 2 fully saturated rings. The van der Waals surface area contributed by atoms with Crippen LogP contribution in [0.5, 0.6) is 11.8 Å². The number of hydrogen-bond donors (Lipinski definition) is 1. The monoisotopic (exact) mass is 530 g/mol. The Balaban J connectivity index is 1.37. The van der Waals surface area contributed by atoms with Gasteiger partial charge in [-0.15, -0.1) is 0 Å². The molecule has 5 heterocycles. The molecular weight excluding hydrogens is 498 g/mol. The molecule has 0 unspecified atom stereocenters. The molecule has 5 rings (SSSR count). The zero-order valence-electron chi connectivity index (χ0n) is 21.7. The Bertz CT molecular complexity index is 1290. The van der Waals surface area contributed by atoms with Crippen molar-refractivity contribution in [3.05, 3.63) is 35.8 Å². The molecule has 0 spiro atoms. The molecule has 38 heavy (non-hydrogen) atoms. The molecule has 0 aliphatic carbocycles. The van der Waals surface area contributed by atoms with Crippen LogP contribution in [0.3, 0.4) is 0 Å². The molecule has 10 nitrogen and oxygen atoms in total. The van der Waals surface area contributed by atoms with Crippen molar-refractivity contribution in [3.63, 3.8) is 0 Å². The van der Waals surface area contributed by atoms with E-state index in [1.807, 2.05) is 12.3 Å². The number of likely N-dealkylation sites (tertiary alicyclic amines) is 1. The van der Waals surface area contributed by atoms with Gasteiger partial charge in [0.05, 0.1) is 25.6 Å². The quantitative estimate of drug-likeness (QED) is 0.471. The number of aromatic amines is 1. The third kappa shape index (κ3) is 5.35. The Kier molecular flexibility index (Phi) is 7.33. The Hall–Kier alpha value is -3.54. The highest BCUT2D eigenvalue weighted by Gasteiger charge is 2.41. The van der Waals surface area contributed by atoms with Crippen molar-refractivity contribution in [2.45, 2.75) is 44.1 Å². The number of fused-ring (bicyclic) bond motifs is 1. The summed E-state index contributed by atoms with van der Waals surface area (Å²) in [6, 6.07) is 3.46. The first-order valence-corrected chi connectivity index (χ1v) is 12.7. The number of rotatable bonds is 8. The maximum absolute atomic E-state index is 13.8. The summed E-state index contributed by atoms with van der Waals surface area (Å²) in [5.74, 6) is -1.84. The number of pyridine rings is 1. The molecule has 1 amide bonds. The second-order valence-corrected chi connectivity index (χ2v) is 9.85. The van der Waals surface area contributed by atoms with E-state index in [1.54, 1.807) is 33.4 Å². The van der Waals surface area contributed by atoms with Crippen molar-refractivity contribution in [1.29, 1.82) is 0 Å². The smallest absolute Gasteiger partial charge is 0.319 e. The second-order valence-electron chi connectivity index (χ2n) is 9.85. The first-order valence-electron chi connectivity index (χ1n) is 12.7. The van der Waals surface area contributed by atoms with Crippen molar-refractivity contribution < 1.29 is 27.8 Å². The van der Waals surface area contributed by atoms with Crippen LogP contribution < -0.4 is 14.4 Å². The number of carbonyl (C=O) groups is 1. The SMILES string of the molecule is COC[C@@H](C)Oc1nc(C(=O)N2CCC(F)(F)C2)cc(N2CCC(c3c[nH]c4nccc(OC)c34)CC2)n1. The van der Waals surface area contributed by atoms with Gasteiger partial charge < -0.3 is 29.0 Å². The highest BCUT2D eigenvalue weighted by atomic mass is 19.3. The first-order chi connectivity index (χ1) is 18.3. The lowest BCUT2D eigenvalue weighted by Gasteiger charge is -2.33. The summed E-state index contributed by atoms with van der Waals surface area (Å²) in [6.07, 6.45) is 4.68. The van der Waals surface area contributed by atoms with E-state index in [0.717, 1.165) is 40.1 Å². The van der Waals surface area contributed by atoms with E-state index in [9.17, 15) is 13.6 Å². The highest BCUT2D eigenvalue weighted by Crippen LogP contribution is 2.38. The van der Waals surface area contributed by atoms with Gasteiger partial charge in [-0.3, -0.25) is 4.79 Å². The summed E-state index contributed by atoms with van der Waals surface area (Å²) in [5, 5.41) is 0.994. The maximum atomic E-state index is 13.8. The molecule has 2 saturated heterocycles. The predicted molar refractivity (Wildman–Crippen MR) is 136 cm³/mol. The fourth-order valence-corrected chi connectivity index (χ4v) is 5.22. The fraction of sp³-hybridized carbons (Fsp3) is 0.538. The number of carbonyl (C=O) groups excluding carboxylic acids is 1. The van der Waals surface area contributed by atoms with Gasteiger partial charge in [0.15, 0.2) is 0 Å². The van der Waals surface area contributed by atoms with Crippen LogP contribution in [-0.2, 0) is 4.74 Å². The molecule has 3 aromatic heterocycles. The lowest BCUT2D eigenvalue weighted by atomic mass is 9.89. The third-order valence-electron chi connectivity index (χ3n) is 7.12. The van der Waals surface area contributed by atoms with E-state index in [1.165, 1.54) is 0 Å². The topological polar surface area (TPSA) is 106 Å². The van der Waals surface area contributed by atoms with Gasteiger partial charge >= 0.3 is 6.01 Å². The summed E-state index contributed by atoms with van der Waals surface area (Å²) in [4.78, 5) is 32.8. The molecule has 1 N–H and O–H groups in total. The number of amides is 1. The minimum absolute atomic E-state index is 0.0181. The van der Waals surface area contributed by atoms with Crippen LogP contribution in [0, 0.1) is 0 Å². The van der Waals surface area contributed by atoms with Crippen LogP contribution >= 0.6 is 0 Å². The summed E-state index contributed by atoms with van der Waals surface area (Å²) < 4.78 is 44.1. The number of ether oxygens (including phenoxy) is 3. The van der Waals surface area contributed by atoms with E-state index in [0.29, 0.717) is 25.5 Å². The molecular formula is C26H32F2N6O4. The minimum atomic E-state index is -2.89. The molecule has 0 saturated carbocycles. The summed E-state index contributed by atoms with van der Waals surface area (Å²) >= 11 is 0. The van der Waals surface area contributed by atoms with Gasteiger partial charge in [0.1, 0.15) is 29.0 Å². The number of H-pyrrole nitrogens is 1. The van der Waals surface area contributed by atoms with E-state index in [4.69, 9.17) is 14.2 Å². The van der Waals surface area contributed by atoms with Gasteiger partial charge in [0.25, 0.3) is 11.8 Å². The average molecular weight is 531 g/mol. The molecule has 0 bridgehead atoms. The zero-order valence-corrected chi connectivity index (χ0v) is 21.7. The largest absolute Gasteiger partial charge is 0.496 e. The molecule has 0 aromatic carbocycles. The fourth-order valence-electron chi connectivity index (χ4n) is 5.22. The van der Waals surface area contributed by atoms with Gasteiger partial charge in [-0.1, -0.05) is 0 Å². The van der Waals surface area contributed by atoms with E-state index in [-0.39, 0.29) is 36.7 Å². The molecule has 2 aliphatic rings. The number of aromatic nitrogens is 4. The van der Waals surface area contributed by atoms with Gasteiger partial charge in [-0.2, -0.15) is 9.97 Å². The third-order valence-corrected chi connectivity index (χ3v) is 7.12. The van der Waals surface area contributed by atoms with Gasteiger partial charge in [0.2, 0.25) is 0 Å². The van der Waals surface area contributed by atoms with E-state index in [2.05, 4.69) is 24.8 Å². The molecule has 12 heteroatoms. The van der Waals surface area contributed by atoms with E-state index < -0.39 is 18.4 Å². The summed E-state index contributed by atoms with van der Waals surface area (Å²) in [6.45, 7) is 2.84. The van der Waals surface area contributed by atoms with Crippen molar-refractivity contribution in [2.24, 2.45) is 0 Å². The number of alkyl halides is 2. The average Bonchev–Trinajstić information content (AvgIpc) is 3.51.